The molecule has 2 heterocycles. The van der Waals surface area contributed by atoms with E-state index in [1.807, 2.05) is 36.9 Å². The molecule has 0 saturated carbocycles. The Morgan fingerprint density at radius 2 is 1.83 bits per heavy atom. The number of rotatable bonds is 4. The summed E-state index contributed by atoms with van der Waals surface area (Å²) in [5.41, 5.74) is 3.69. The summed E-state index contributed by atoms with van der Waals surface area (Å²) in [5.74, 6) is 0.102. The summed E-state index contributed by atoms with van der Waals surface area (Å²) in [7, 11) is 0. The maximum Gasteiger partial charge on any atom is 0.416 e. The molecule has 0 atom stereocenters. The quantitative estimate of drug-likeness (QED) is 0.640. The SMILES string of the molecule is Cc1ccc2c(C(=O)C[NH+]3CCN(c4cccc(C(F)(F)F)c4)CC3)c(C)[nH]c2c1. The Morgan fingerprint density at radius 3 is 2.53 bits per heavy atom. The first kappa shape index (κ1) is 20.5. The molecule has 2 aromatic carbocycles. The fraction of sp³-hybridized carbons (Fsp3) is 0.348. The molecule has 2 N–H and O–H groups in total. The van der Waals surface area contributed by atoms with E-state index in [0.717, 1.165) is 38.7 Å². The first-order valence-electron chi connectivity index (χ1n) is 10.1. The number of fused-ring (bicyclic) bond motifs is 1. The number of hydrogen-bond acceptors (Lipinski definition) is 2. The number of nitrogens with zero attached hydrogens (tertiary/aromatic N) is 1. The molecule has 4 nitrogen and oxygen atoms in total. The molecule has 7 heteroatoms. The van der Waals surface area contributed by atoms with Crippen molar-refractivity contribution in [1.29, 1.82) is 0 Å². The average Bonchev–Trinajstić information content (AvgIpc) is 3.03. The Bertz CT molecular complexity index is 1080. The zero-order valence-corrected chi connectivity index (χ0v) is 17.1. The highest BCUT2D eigenvalue weighted by atomic mass is 19.4. The topological polar surface area (TPSA) is 40.5 Å². The van der Waals surface area contributed by atoms with E-state index in [4.69, 9.17) is 0 Å². The van der Waals surface area contributed by atoms with Gasteiger partial charge in [0.1, 0.15) is 6.54 Å². The second kappa shape index (κ2) is 7.80. The van der Waals surface area contributed by atoms with Crippen LogP contribution in [0.3, 0.4) is 0 Å². The van der Waals surface area contributed by atoms with Crippen LogP contribution < -0.4 is 9.80 Å². The molecule has 1 fully saturated rings. The molecule has 1 aliphatic heterocycles. The number of aromatic nitrogens is 1. The monoisotopic (exact) mass is 416 g/mol. The number of anilines is 1. The summed E-state index contributed by atoms with van der Waals surface area (Å²) in [4.78, 5) is 19.4. The van der Waals surface area contributed by atoms with Crippen molar-refractivity contribution in [2.45, 2.75) is 20.0 Å². The van der Waals surface area contributed by atoms with Crippen molar-refractivity contribution < 1.29 is 22.9 Å². The molecular weight excluding hydrogens is 391 g/mol. The molecule has 0 unspecified atom stereocenters. The summed E-state index contributed by atoms with van der Waals surface area (Å²) < 4.78 is 38.9. The van der Waals surface area contributed by atoms with Gasteiger partial charge in [0.2, 0.25) is 5.78 Å². The lowest BCUT2D eigenvalue weighted by atomic mass is 10.0. The molecule has 4 rings (SSSR count). The predicted octanol–water partition coefficient (Wildman–Crippen LogP) is 3.39. The number of hydrogen-bond donors (Lipinski definition) is 2. The van der Waals surface area contributed by atoms with Gasteiger partial charge < -0.3 is 14.8 Å². The van der Waals surface area contributed by atoms with E-state index in [1.165, 1.54) is 12.1 Å². The number of carbonyl (C=O) groups excluding carboxylic acids is 1. The summed E-state index contributed by atoms with van der Waals surface area (Å²) >= 11 is 0. The van der Waals surface area contributed by atoms with Gasteiger partial charge in [-0.1, -0.05) is 18.2 Å². The first-order chi connectivity index (χ1) is 14.2. The summed E-state index contributed by atoms with van der Waals surface area (Å²) in [6, 6.07) is 11.5. The van der Waals surface area contributed by atoms with E-state index >= 15 is 0 Å². The molecular formula is C23H25F3N3O+. The molecule has 3 aromatic rings. The zero-order valence-electron chi connectivity index (χ0n) is 17.1. The third-order valence-electron chi connectivity index (χ3n) is 5.84. The third-order valence-corrected chi connectivity index (χ3v) is 5.84. The fourth-order valence-corrected chi connectivity index (χ4v) is 4.26. The first-order valence-corrected chi connectivity index (χ1v) is 10.1. The number of ketones is 1. The Morgan fingerprint density at radius 1 is 1.10 bits per heavy atom. The lowest BCUT2D eigenvalue weighted by Gasteiger charge is -2.33. The predicted molar refractivity (Wildman–Crippen MR) is 111 cm³/mol. The van der Waals surface area contributed by atoms with Crippen molar-refractivity contribution in [3.05, 3.63) is 64.8 Å². The van der Waals surface area contributed by atoms with Crippen molar-refractivity contribution in [2.24, 2.45) is 0 Å². The zero-order chi connectivity index (χ0) is 21.5. The molecule has 30 heavy (non-hydrogen) atoms. The van der Waals surface area contributed by atoms with Gasteiger partial charge in [0.15, 0.2) is 0 Å². The van der Waals surface area contributed by atoms with Crippen molar-refractivity contribution in [1.82, 2.24) is 4.98 Å². The minimum atomic E-state index is -4.34. The van der Waals surface area contributed by atoms with Crippen molar-refractivity contribution in [3.8, 4) is 0 Å². The minimum absolute atomic E-state index is 0.102. The van der Waals surface area contributed by atoms with Gasteiger partial charge in [0.25, 0.3) is 0 Å². The Labute approximate surface area is 173 Å². The number of nitrogens with one attached hydrogen (secondary N) is 2. The number of aromatic amines is 1. The molecule has 1 aliphatic rings. The van der Waals surface area contributed by atoms with Gasteiger partial charge in [0, 0.05) is 22.3 Å². The van der Waals surface area contributed by atoms with Crippen LogP contribution in [-0.4, -0.2) is 43.5 Å². The minimum Gasteiger partial charge on any atom is -0.360 e. The maximum absolute atomic E-state index is 13.0. The number of alkyl halides is 3. The van der Waals surface area contributed by atoms with Crippen LogP contribution in [0, 0.1) is 13.8 Å². The lowest BCUT2D eigenvalue weighted by molar-refractivity contribution is -0.892. The molecule has 158 valence electrons. The molecule has 0 radical (unpaired) electrons. The van der Waals surface area contributed by atoms with Crippen LogP contribution in [0.15, 0.2) is 42.5 Å². The van der Waals surface area contributed by atoms with E-state index in [1.54, 1.807) is 6.07 Å². The van der Waals surface area contributed by atoms with Gasteiger partial charge in [-0.2, -0.15) is 13.2 Å². The van der Waals surface area contributed by atoms with E-state index < -0.39 is 11.7 Å². The van der Waals surface area contributed by atoms with Gasteiger partial charge in [-0.25, -0.2) is 0 Å². The number of quaternary nitrogens is 1. The fourth-order valence-electron chi connectivity index (χ4n) is 4.26. The van der Waals surface area contributed by atoms with Crippen LogP contribution in [-0.2, 0) is 6.18 Å². The van der Waals surface area contributed by atoms with Gasteiger partial charge in [0.05, 0.1) is 37.3 Å². The average molecular weight is 416 g/mol. The molecule has 1 aromatic heterocycles. The molecule has 1 saturated heterocycles. The van der Waals surface area contributed by atoms with Gasteiger partial charge in [-0.3, -0.25) is 4.79 Å². The summed E-state index contributed by atoms with van der Waals surface area (Å²) in [6.07, 6.45) is -4.34. The third kappa shape index (κ3) is 4.07. The highest BCUT2D eigenvalue weighted by Crippen LogP contribution is 2.31. The van der Waals surface area contributed by atoms with Crippen LogP contribution in [0.4, 0.5) is 18.9 Å². The summed E-state index contributed by atoms with van der Waals surface area (Å²) in [5, 5.41) is 0.949. The standard InChI is InChI=1S/C23H24F3N3O/c1-15-6-7-19-20(12-15)27-16(2)22(19)21(30)14-28-8-10-29(11-9-28)18-5-3-4-17(13-18)23(24,25)26/h3-7,12-13,27H,8-11,14H2,1-2H3/p+1. The van der Waals surface area contributed by atoms with E-state index in [2.05, 4.69) is 4.98 Å². The number of piperazine rings is 1. The number of H-pyrrole nitrogens is 1. The van der Waals surface area contributed by atoms with Crippen LogP contribution in [0.2, 0.25) is 0 Å². The van der Waals surface area contributed by atoms with Crippen LogP contribution in [0.1, 0.15) is 27.2 Å². The van der Waals surface area contributed by atoms with E-state index in [-0.39, 0.29) is 5.78 Å². The van der Waals surface area contributed by atoms with Crippen LogP contribution in [0.5, 0.6) is 0 Å². The Kier molecular flexibility index (Phi) is 5.32. The largest absolute Gasteiger partial charge is 0.416 e. The lowest BCUT2D eigenvalue weighted by Crippen LogP contribution is -3.15. The smallest absolute Gasteiger partial charge is 0.360 e. The van der Waals surface area contributed by atoms with Gasteiger partial charge in [-0.15, -0.1) is 0 Å². The van der Waals surface area contributed by atoms with Gasteiger partial charge >= 0.3 is 6.18 Å². The molecule has 0 bridgehead atoms. The van der Waals surface area contributed by atoms with Crippen molar-refractivity contribution in [3.63, 3.8) is 0 Å². The second-order valence-corrected chi connectivity index (χ2v) is 8.06. The Hall–Kier alpha value is -2.80. The number of carbonyl (C=O) groups is 1. The van der Waals surface area contributed by atoms with Crippen LogP contribution >= 0.6 is 0 Å². The number of aryl methyl sites for hydroxylation is 2. The highest BCUT2D eigenvalue weighted by Gasteiger charge is 2.31. The molecule has 0 aliphatic carbocycles. The normalized spacial score (nSPS) is 15.7. The van der Waals surface area contributed by atoms with Crippen molar-refractivity contribution >= 4 is 22.4 Å². The van der Waals surface area contributed by atoms with Crippen LogP contribution in [0.25, 0.3) is 10.9 Å². The number of halogens is 3. The van der Waals surface area contributed by atoms with E-state index in [9.17, 15) is 18.0 Å². The highest BCUT2D eigenvalue weighted by molar-refractivity contribution is 6.09. The maximum atomic E-state index is 13.0. The molecule has 0 amide bonds. The summed E-state index contributed by atoms with van der Waals surface area (Å²) in [6.45, 7) is 6.99. The number of benzene rings is 2. The second-order valence-electron chi connectivity index (χ2n) is 8.06. The Balaban J connectivity index is 1.42. The van der Waals surface area contributed by atoms with Gasteiger partial charge in [-0.05, 0) is 43.7 Å². The molecule has 0 spiro atoms. The van der Waals surface area contributed by atoms with Crippen molar-refractivity contribution in [2.75, 3.05) is 37.6 Å². The van der Waals surface area contributed by atoms with E-state index in [0.29, 0.717) is 38.4 Å². The number of Topliss-reactive ketones (excluding diaryl/α,β-unsaturated/α-hetero) is 1.